The van der Waals surface area contributed by atoms with Gasteiger partial charge in [0.1, 0.15) is 11.6 Å². The molecule has 2 N–H and O–H groups in total. The lowest BCUT2D eigenvalue weighted by Crippen LogP contribution is -2.30. The molecule has 2 atom stereocenters. The van der Waals surface area contributed by atoms with Gasteiger partial charge in [-0.1, -0.05) is 66.8 Å². The summed E-state index contributed by atoms with van der Waals surface area (Å²) in [5.41, 5.74) is 3.76. The molecule has 0 unspecified atom stereocenters. The number of carbonyl (C=O) groups is 2. The minimum atomic E-state index is -0.386. The van der Waals surface area contributed by atoms with Crippen LogP contribution in [0.3, 0.4) is 0 Å². The maximum Gasteiger partial charge on any atom is 0.160 e. The first-order valence-corrected chi connectivity index (χ1v) is 12.0. The average molecular weight is 474 g/mol. The van der Waals surface area contributed by atoms with Crippen molar-refractivity contribution < 1.29 is 19.4 Å². The van der Waals surface area contributed by atoms with Gasteiger partial charge in [-0.05, 0) is 43.0 Å². The highest BCUT2D eigenvalue weighted by Gasteiger charge is 2.34. The minimum Gasteiger partial charge on any atom is -0.664 e. The Morgan fingerprint density at radius 3 is 2.83 bits per heavy atom. The Hall–Kier alpha value is -3.74. The molecule has 0 saturated heterocycles. The van der Waals surface area contributed by atoms with Crippen LogP contribution >= 0.6 is 0 Å². The van der Waals surface area contributed by atoms with E-state index in [9.17, 15) is 14.7 Å². The Bertz CT molecular complexity index is 1190. The van der Waals surface area contributed by atoms with Gasteiger partial charge in [-0.25, -0.2) is 0 Å². The Morgan fingerprint density at radius 2 is 2.09 bits per heavy atom. The number of phenols is 1. The monoisotopic (exact) mass is 473 g/mol. The predicted molar refractivity (Wildman–Crippen MR) is 135 cm³/mol. The van der Waals surface area contributed by atoms with Crippen molar-refractivity contribution in [2.24, 2.45) is 5.92 Å². The predicted octanol–water partition coefficient (Wildman–Crippen LogP) is 5.45. The number of methoxy groups -OCH3 is 1. The number of ketones is 2. The number of aromatic nitrogens is 2. The number of aryl methyl sites for hydroxylation is 1. The van der Waals surface area contributed by atoms with Crippen LogP contribution in [0.5, 0.6) is 11.5 Å². The molecule has 2 heterocycles. The highest BCUT2D eigenvalue weighted by Crippen LogP contribution is 2.42. The van der Waals surface area contributed by atoms with Gasteiger partial charge in [-0.3, -0.25) is 9.59 Å². The number of carbonyl (C=O) groups excluding carboxylic acids is 2. The topological polar surface area (TPSA) is 108 Å². The molecular weight excluding hydrogens is 442 g/mol. The zero-order valence-electron chi connectivity index (χ0n) is 20.2. The number of H-pyrrole nitrogens is 1. The molecule has 0 radical (unpaired) electrons. The number of phenolic OH excluding ortho intramolecular Hbond substituents is 1. The van der Waals surface area contributed by atoms with Crippen molar-refractivity contribution in [3.8, 4) is 11.5 Å². The van der Waals surface area contributed by atoms with E-state index in [1.807, 2.05) is 30.5 Å². The first-order valence-electron chi connectivity index (χ1n) is 12.0. The second-order valence-corrected chi connectivity index (χ2v) is 8.94. The molecule has 7 heteroatoms. The van der Waals surface area contributed by atoms with Crippen molar-refractivity contribution in [2.45, 2.75) is 44.9 Å². The Kier molecular flexibility index (Phi) is 7.75. The van der Waals surface area contributed by atoms with Crippen molar-refractivity contribution in [1.82, 2.24) is 9.97 Å². The molecule has 2 aromatic heterocycles. The summed E-state index contributed by atoms with van der Waals surface area (Å²) < 4.78 is 5.14. The number of hydrogen-bond acceptors (Lipinski definition) is 4. The lowest BCUT2D eigenvalue weighted by molar-refractivity contribution is -0.129. The van der Waals surface area contributed by atoms with Crippen LogP contribution in [0.1, 0.15) is 55.3 Å². The molecule has 0 amide bonds. The molecule has 0 aliphatic heterocycles. The zero-order valence-corrected chi connectivity index (χ0v) is 20.2. The molecule has 184 valence electrons. The van der Waals surface area contributed by atoms with E-state index in [4.69, 9.17) is 4.74 Å². The first-order chi connectivity index (χ1) is 17.0. The number of nitrogens with zero attached hydrogens (tertiary/aromatic N) is 2. The Labute approximate surface area is 205 Å². The highest BCUT2D eigenvalue weighted by atomic mass is 16.5. The molecule has 0 bridgehead atoms. The summed E-state index contributed by atoms with van der Waals surface area (Å²) in [7, 11) is 1.49. The summed E-state index contributed by atoms with van der Waals surface area (Å²) in [5, 5.41) is 14.4. The largest absolute Gasteiger partial charge is 0.664 e. The average Bonchev–Trinajstić information content (AvgIpc) is 3.54. The van der Waals surface area contributed by atoms with Crippen LogP contribution in [0.15, 0.2) is 54.4 Å². The van der Waals surface area contributed by atoms with E-state index in [-0.39, 0.29) is 42.0 Å². The van der Waals surface area contributed by atoms with Gasteiger partial charge >= 0.3 is 0 Å². The molecule has 1 aromatic carbocycles. The van der Waals surface area contributed by atoms with Gasteiger partial charge in [0, 0.05) is 12.3 Å². The molecule has 0 spiro atoms. The first kappa shape index (κ1) is 24.4. The molecule has 0 saturated carbocycles. The summed E-state index contributed by atoms with van der Waals surface area (Å²) in [6.45, 7) is 2.49. The van der Waals surface area contributed by atoms with Crippen LogP contribution in [0.25, 0.3) is 11.4 Å². The quantitative estimate of drug-likeness (QED) is 0.340. The standard InChI is InChI=1S/C28H31N3O4/c1-3-5-22-21-11-13-29-23(21)15-19(17-31-27-6-4-12-30-27)28(22)25(34)16-20(32)9-7-18-8-10-24(33)26(14-18)35-2/h4,6,8,10-15,22,28,30,33H,3,5,7,9,16-17H2,1-2H3/q-2/t22-,28+/m1/s1. The van der Waals surface area contributed by atoms with E-state index in [0.29, 0.717) is 18.7 Å². The highest BCUT2D eigenvalue weighted by molar-refractivity contribution is 6.02. The van der Waals surface area contributed by atoms with Gasteiger partial charge in [0.15, 0.2) is 11.5 Å². The third-order valence-corrected chi connectivity index (χ3v) is 6.56. The second-order valence-electron chi connectivity index (χ2n) is 8.94. The number of aromatic hydroxyl groups is 1. The normalized spacial score (nSPS) is 16.9. The molecule has 1 aliphatic carbocycles. The van der Waals surface area contributed by atoms with E-state index in [0.717, 1.165) is 41.1 Å². The van der Waals surface area contributed by atoms with E-state index in [2.05, 4.69) is 22.2 Å². The number of rotatable bonds is 12. The van der Waals surface area contributed by atoms with Crippen LogP contribution in [-0.2, 0) is 16.0 Å². The molecule has 4 rings (SSSR count). The number of fused-ring (bicyclic) bond motifs is 1. The summed E-state index contributed by atoms with van der Waals surface area (Å²) >= 11 is 0. The number of Topliss-reactive ketones (excluding diaryl/α,β-unsaturated/α-hetero) is 2. The van der Waals surface area contributed by atoms with E-state index >= 15 is 0 Å². The fourth-order valence-electron chi connectivity index (χ4n) is 4.85. The summed E-state index contributed by atoms with van der Waals surface area (Å²) in [5.74, 6) is 0.644. The molecule has 0 fully saturated rings. The number of benzene rings is 1. The van der Waals surface area contributed by atoms with Crippen LogP contribution in [0, 0.1) is 5.92 Å². The van der Waals surface area contributed by atoms with Gasteiger partial charge < -0.3 is 25.1 Å². The van der Waals surface area contributed by atoms with Crippen molar-refractivity contribution in [3.05, 3.63) is 76.5 Å². The van der Waals surface area contributed by atoms with Crippen molar-refractivity contribution in [1.29, 1.82) is 0 Å². The van der Waals surface area contributed by atoms with Crippen molar-refractivity contribution in [2.75, 3.05) is 13.7 Å². The molecule has 35 heavy (non-hydrogen) atoms. The number of ether oxygens (including phenoxy) is 1. The summed E-state index contributed by atoms with van der Waals surface area (Å²) in [6, 6.07) is 10.8. The number of aromatic amines is 1. The van der Waals surface area contributed by atoms with Gasteiger partial charge in [0.05, 0.1) is 13.5 Å². The molecule has 7 nitrogen and oxygen atoms in total. The van der Waals surface area contributed by atoms with E-state index in [1.54, 1.807) is 24.4 Å². The van der Waals surface area contributed by atoms with E-state index in [1.165, 1.54) is 7.11 Å². The lowest BCUT2D eigenvalue weighted by Gasteiger charge is -2.35. The lowest BCUT2D eigenvalue weighted by atomic mass is 9.71. The fourth-order valence-corrected chi connectivity index (χ4v) is 4.85. The Balaban J connectivity index is 1.47. The van der Waals surface area contributed by atoms with Gasteiger partial charge in [-0.2, -0.15) is 6.20 Å². The smallest absolute Gasteiger partial charge is 0.160 e. The maximum atomic E-state index is 13.6. The number of hydrogen-bond donors (Lipinski definition) is 2. The van der Waals surface area contributed by atoms with Crippen molar-refractivity contribution >= 4 is 23.5 Å². The minimum absolute atomic E-state index is 0.00185. The molecular formula is C28H31N3O4-2. The second kappa shape index (κ2) is 11.1. The van der Waals surface area contributed by atoms with Crippen molar-refractivity contribution in [3.63, 3.8) is 0 Å². The molecule has 1 aliphatic rings. The fraction of sp³-hybridized carbons (Fsp3) is 0.357. The third kappa shape index (κ3) is 5.67. The third-order valence-electron chi connectivity index (χ3n) is 6.56. The molecule has 3 aromatic rings. The summed E-state index contributed by atoms with van der Waals surface area (Å²) in [4.78, 5) is 34.0. The van der Waals surface area contributed by atoms with Crippen LogP contribution in [0.4, 0.5) is 5.82 Å². The van der Waals surface area contributed by atoms with Gasteiger partial charge in [-0.15, -0.1) is 5.69 Å². The summed E-state index contributed by atoms with van der Waals surface area (Å²) in [6.07, 6.45) is 7.97. The SMILES string of the molecule is CCC[C@@H]1c2cc[n-]c2C=C(C[N-]c2ccc[nH]2)[C@@H]1C(=O)CC(=O)CCc1ccc(O)c(OC)c1. The number of nitrogens with one attached hydrogen (secondary N) is 1. The Morgan fingerprint density at radius 1 is 1.23 bits per heavy atom. The van der Waals surface area contributed by atoms with Crippen LogP contribution in [-0.4, -0.2) is 35.3 Å². The zero-order chi connectivity index (χ0) is 24.8. The van der Waals surface area contributed by atoms with Gasteiger partial charge in [0.2, 0.25) is 0 Å². The maximum absolute atomic E-state index is 13.6. The van der Waals surface area contributed by atoms with E-state index < -0.39 is 0 Å². The van der Waals surface area contributed by atoms with Crippen LogP contribution < -0.4 is 9.72 Å². The van der Waals surface area contributed by atoms with Gasteiger partial charge in [0.25, 0.3) is 0 Å². The van der Waals surface area contributed by atoms with Crippen LogP contribution in [0.2, 0.25) is 0 Å².